The topological polar surface area (TPSA) is 68.5 Å². The van der Waals surface area contributed by atoms with Gasteiger partial charge >= 0.3 is 0 Å². The lowest BCUT2D eigenvalue weighted by Gasteiger charge is -2.12. The minimum Gasteiger partial charge on any atom is -0.494 e. The first-order valence-corrected chi connectivity index (χ1v) is 7.25. The predicted octanol–water partition coefficient (Wildman–Crippen LogP) is 3.37. The van der Waals surface area contributed by atoms with Gasteiger partial charge in [-0.05, 0) is 37.3 Å². The molecule has 2 rings (SSSR count). The van der Waals surface area contributed by atoms with Gasteiger partial charge in [0, 0.05) is 11.6 Å². The van der Waals surface area contributed by atoms with Crippen LogP contribution in [-0.2, 0) is 0 Å². The van der Waals surface area contributed by atoms with E-state index in [4.69, 9.17) is 19.5 Å². The fourth-order valence-electron chi connectivity index (χ4n) is 2.03. The van der Waals surface area contributed by atoms with E-state index in [0.29, 0.717) is 23.7 Å². The van der Waals surface area contributed by atoms with Crippen molar-refractivity contribution in [1.82, 2.24) is 0 Å². The van der Waals surface area contributed by atoms with E-state index in [1.54, 1.807) is 19.1 Å². The van der Waals surface area contributed by atoms with Crippen LogP contribution in [0.5, 0.6) is 17.2 Å². The van der Waals surface area contributed by atoms with Gasteiger partial charge in [0.1, 0.15) is 0 Å². The van der Waals surface area contributed by atoms with Crippen molar-refractivity contribution >= 4 is 5.78 Å². The molecule has 0 aliphatic heterocycles. The van der Waals surface area contributed by atoms with Crippen LogP contribution in [0, 0.1) is 17.1 Å². The normalized spacial score (nSPS) is 9.92. The molecule has 0 aliphatic carbocycles. The van der Waals surface area contributed by atoms with Gasteiger partial charge in [-0.3, -0.25) is 4.79 Å². The number of carbonyl (C=O) groups excluding carboxylic acids is 1. The zero-order chi connectivity index (χ0) is 17.5. The number of ketones is 1. The van der Waals surface area contributed by atoms with E-state index in [-0.39, 0.29) is 23.7 Å². The van der Waals surface area contributed by atoms with Crippen LogP contribution in [0.15, 0.2) is 36.4 Å². The zero-order valence-corrected chi connectivity index (χ0v) is 13.3. The van der Waals surface area contributed by atoms with Crippen LogP contribution < -0.4 is 14.2 Å². The molecule has 0 bridgehead atoms. The summed E-state index contributed by atoms with van der Waals surface area (Å²) in [6, 6.07) is 10.6. The van der Waals surface area contributed by atoms with E-state index in [1.807, 2.05) is 6.07 Å². The van der Waals surface area contributed by atoms with E-state index >= 15 is 0 Å². The number of rotatable bonds is 7. The number of hydrogen-bond acceptors (Lipinski definition) is 5. The molecule has 0 N–H and O–H groups in total. The number of Topliss-reactive ketones (excluding diaryl/α,β-unsaturated/α-hetero) is 1. The molecule has 0 aliphatic rings. The molecule has 24 heavy (non-hydrogen) atoms. The van der Waals surface area contributed by atoms with Crippen LogP contribution in [0.25, 0.3) is 0 Å². The van der Waals surface area contributed by atoms with Crippen molar-refractivity contribution in [3.63, 3.8) is 0 Å². The maximum absolute atomic E-state index is 13.7. The van der Waals surface area contributed by atoms with Crippen molar-refractivity contribution in [2.24, 2.45) is 0 Å². The SMILES string of the molecule is CCOc1cc(C#N)ccc1OCC(=O)c1ccc(OC)c(F)c1. The second-order valence-corrected chi connectivity index (χ2v) is 4.77. The standard InChI is InChI=1S/C18H16FNO4/c1-3-23-18-8-12(10-20)4-6-17(18)24-11-15(21)13-5-7-16(22-2)14(19)9-13/h4-9H,3,11H2,1-2H3. The molecule has 124 valence electrons. The second-order valence-electron chi connectivity index (χ2n) is 4.77. The molecule has 6 heteroatoms. The van der Waals surface area contributed by atoms with Crippen LogP contribution in [0.2, 0.25) is 0 Å². The molecule has 0 heterocycles. The third-order valence-corrected chi connectivity index (χ3v) is 3.21. The van der Waals surface area contributed by atoms with Gasteiger partial charge in [0.2, 0.25) is 0 Å². The zero-order valence-electron chi connectivity index (χ0n) is 13.3. The first-order chi connectivity index (χ1) is 11.6. The maximum atomic E-state index is 13.7. The van der Waals surface area contributed by atoms with Crippen molar-refractivity contribution in [3.8, 4) is 23.3 Å². The summed E-state index contributed by atoms with van der Waals surface area (Å²) in [5.74, 6) is -0.207. The third-order valence-electron chi connectivity index (χ3n) is 3.21. The lowest BCUT2D eigenvalue weighted by atomic mass is 10.1. The molecule has 0 fully saturated rings. The van der Waals surface area contributed by atoms with Crippen molar-refractivity contribution in [1.29, 1.82) is 5.26 Å². The van der Waals surface area contributed by atoms with Crippen LogP contribution in [0.4, 0.5) is 4.39 Å². The van der Waals surface area contributed by atoms with Gasteiger partial charge in [-0.1, -0.05) is 0 Å². The molecule has 5 nitrogen and oxygen atoms in total. The van der Waals surface area contributed by atoms with Gasteiger partial charge in [0.15, 0.2) is 35.5 Å². The van der Waals surface area contributed by atoms with Gasteiger partial charge in [0.05, 0.1) is 25.3 Å². The summed E-state index contributed by atoms with van der Waals surface area (Å²) in [6.45, 7) is 1.91. The van der Waals surface area contributed by atoms with Crippen molar-refractivity contribution < 1.29 is 23.4 Å². The molecule has 2 aromatic rings. The van der Waals surface area contributed by atoms with Crippen LogP contribution >= 0.6 is 0 Å². The molecule has 0 radical (unpaired) electrons. The molecule has 0 amide bonds. The monoisotopic (exact) mass is 329 g/mol. The summed E-state index contributed by atoms with van der Waals surface area (Å²) in [6.07, 6.45) is 0. The molecule has 0 spiro atoms. The Morgan fingerprint density at radius 3 is 2.50 bits per heavy atom. The third kappa shape index (κ3) is 4.02. The fourth-order valence-corrected chi connectivity index (χ4v) is 2.03. The van der Waals surface area contributed by atoms with Crippen molar-refractivity contribution in [2.75, 3.05) is 20.3 Å². The maximum Gasteiger partial charge on any atom is 0.200 e. The number of halogens is 1. The Hall–Kier alpha value is -3.07. The highest BCUT2D eigenvalue weighted by Gasteiger charge is 2.13. The molecule has 0 aromatic heterocycles. The molecule has 2 aromatic carbocycles. The number of carbonyl (C=O) groups is 1. The molecule has 0 atom stereocenters. The number of hydrogen-bond donors (Lipinski definition) is 0. The number of ether oxygens (including phenoxy) is 3. The Balaban J connectivity index is 2.11. The number of benzene rings is 2. The first kappa shape index (κ1) is 17.3. The summed E-state index contributed by atoms with van der Waals surface area (Å²) in [4.78, 5) is 12.1. The smallest absolute Gasteiger partial charge is 0.200 e. The largest absolute Gasteiger partial charge is 0.494 e. The van der Waals surface area contributed by atoms with Gasteiger partial charge in [-0.25, -0.2) is 4.39 Å². The average molecular weight is 329 g/mol. The van der Waals surface area contributed by atoms with Crippen molar-refractivity contribution in [2.45, 2.75) is 6.92 Å². The highest BCUT2D eigenvalue weighted by atomic mass is 19.1. The molecule has 0 unspecified atom stereocenters. The minimum absolute atomic E-state index is 0.0678. The van der Waals surface area contributed by atoms with Gasteiger partial charge in [0.25, 0.3) is 0 Å². The van der Waals surface area contributed by atoms with E-state index < -0.39 is 5.82 Å². The fraction of sp³-hybridized carbons (Fsp3) is 0.222. The van der Waals surface area contributed by atoms with Gasteiger partial charge in [-0.15, -0.1) is 0 Å². The summed E-state index contributed by atoms with van der Waals surface area (Å²) in [5.41, 5.74) is 0.606. The number of nitrogens with zero attached hydrogens (tertiary/aromatic N) is 1. The van der Waals surface area contributed by atoms with Crippen LogP contribution in [-0.4, -0.2) is 26.1 Å². The van der Waals surface area contributed by atoms with E-state index in [2.05, 4.69) is 0 Å². The first-order valence-electron chi connectivity index (χ1n) is 7.25. The van der Waals surface area contributed by atoms with Gasteiger partial charge < -0.3 is 14.2 Å². The Morgan fingerprint density at radius 1 is 1.12 bits per heavy atom. The van der Waals surface area contributed by atoms with Crippen LogP contribution in [0.1, 0.15) is 22.8 Å². The van der Waals surface area contributed by atoms with Crippen LogP contribution in [0.3, 0.4) is 0 Å². The van der Waals surface area contributed by atoms with E-state index in [9.17, 15) is 9.18 Å². The number of methoxy groups -OCH3 is 1. The second kappa shape index (κ2) is 7.97. The lowest BCUT2D eigenvalue weighted by molar-refractivity contribution is 0.0918. The summed E-state index contributed by atoms with van der Waals surface area (Å²) >= 11 is 0. The summed E-state index contributed by atoms with van der Waals surface area (Å²) < 4.78 is 29.3. The Kier molecular flexibility index (Phi) is 5.74. The molecular formula is C18H16FNO4. The Labute approximate surface area is 139 Å². The lowest BCUT2D eigenvalue weighted by Crippen LogP contribution is -2.12. The highest BCUT2D eigenvalue weighted by Crippen LogP contribution is 2.28. The summed E-state index contributed by atoms with van der Waals surface area (Å²) in [7, 11) is 1.35. The highest BCUT2D eigenvalue weighted by molar-refractivity contribution is 5.97. The Bertz CT molecular complexity index is 783. The summed E-state index contributed by atoms with van der Waals surface area (Å²) in [5, 5.41) is 8.91. The molecule has 0 saturated heterocycles. The molecule has 0 saturated carbocycles. The average Bonchev–Trinajstić information content (AvgIpc) is 2.60. The van der Waals surface area contributed by atoms with E-state index in [0.717, 1.165) is 6.07 Å². The van der Waals surface area contributed by atoms with Crippen molar-refractivity contribution in [3.05, 3.63) is 53.3 Å². The molecular weight excluding hydrogens is 313 g/mol. The Morgan fingerprint density at radius 2 is 1.88 bits per heavy atom. The quantitative estimate of drug-likeness (QED) is 0.729. The van der Waals surface area contributed by atoms with Gasteiger partial charge in [-0.2, -0.15) is 5.26 Å². The predicted molar refractivity (Wildman–Crippen MR) is 85.1 cm³/mol. The minimum atomic E-state index is -0.614. The van der Waals surface area contributed by atoms with E-state index in [1.165, 1.54) is 25.3 Å². The number of nitriles is 1.